The van der Waals surface area contributed by atoms with Crippen LogP contribution < -0.4 is 0 Å². The van der Waals surface area contributed by atoms with Crippen LogP contribution in [0.15, 0.2) is 18.2 Å². The first-order chi connectivity index (χ1) is 10.3. The maximum absolute atomic E-state index is 12.5. The Kier molecular flexibility index (Phi) is 5.45. The zero-order valence-electron chi connectivity index (χ0n) is 13.0. The van der Waals surface area contributed by atoms with Crippen LogP contribution in [0.2, 0.25) is 0 Å². The van der Waals surface area contributed by atoms with Gasteiger partial charge < -0.3 is 5.11 Å². The van der Waals surface area contributed by atoms with Crippen LogP contribution in [0.5, 0.6) is 0 Å². The van der Waals surface area contributed by atoms with Crippen LogP contribution in [0.4, 0.5) is 13.2 Å². The van der Waals surface area contributed by atoms with Crippen molar-refractivity contribution in [3.05, 3.63) is 29.6 Å². The highest BCUT2D eigenvalue weighted by molar-refractivity contribution is 5.13. The highest BCUT2D eigenvalue weighted by atomic mass is 19.4. The third-order valence-electron chi connectivity index (χ3n) is 4.22. The van der Waals surface area contributed by atoms with E-state index in [1.54, 1.807) is 0 Å². The van der Waals surface area contributed by atoms with Crippen LogP contribution >= 0.6 is 0 Å². The number of piperidine rings is 1. The number of pyridine rings is 1. The number of alkyl halides is 3. The molecule has 1 aliphatic heterocycles. The lowest BCUT2D eigenvalue weighted by molar-refractivity contribution is -0.223. The van der Waals surface area contributed by atoms with E-state index in [0.29, 0.717) is 38.4 Å². The summed E-state index contributed by atoms with van der Waals surface area (Å²) in [7, 11) is 0. The lowest BCUT2D eigenvalue weighted by Crippen LogP contribution is -2.43. The summed E-state index contributed by atoms with van der Waals surface area (Å²) >= 11 is 0. The van der Waals surface area contributed by atoms with Gasteiger partial charge in [-0.05, 0) is 49.9 Å². The quantitative estimate of drug-likeness (QED) is 0.925. The maximum Gasteiger partial charge on any atom is 0.414 e. The molecule has 0 saturated carbocycles. The van der Waals surface area contributed by atoms with E-state index in [2.05, 4.69) is 23.7 Å². The second kappa shape index (κ2) is 6.96. The lowest BCUT2D eigenvalue weighted by atomic mass is 9.91. The Balaban J connectivity index is 1.89. The van der Waals surface area contributed by atoms with Gasteiger partial charge in [0.2, 0.25) is 0 Å². The minimum absolute atomic E-state index is 0.354. The first kappa shape index (κ1) is 17.2. The maximum atomic E-state index is 12.5. The van der Waals surface area contributed by atoms with Crippen molar-refractivity contribution in [1.29, 1.82) is 0 Å². The Morgan fingerprint density at radius 2 is 1.91 bits per heavy atom. The molecule has 0 aliphatic carbocycles. The van der Waals surface area contributed by atoms with Crippen LogP contribution in [0.1, 0.15) is 44.0 Å². The van der Waals surface area contributed by atoms with Gasteiger partial charge in [-0.1, -0.05) is 19.9 Å². The van der Waals surface area contributed by atoms with Crippen LogP contribution in [-0.4, -0.2) is 40.4 Å². The average Bonchev–Trinajstić information content (AvgIpc) is 2.46. The van der Waals surface area contributed by atoms with Gasteiger partial charge >= 0.3 is 6.18 Å². The fourth-order valence-electron chi connectivity index (χ4n) is 2.83. The van der Waals surface area contributed by atoms with Crippen molar-refractivity contribution in [2.24, 2.45) is 5.92 Å². The minimum Gasteiger partial charge on any atom is -0.383 e. The molecular weight excluding hydrogens is 293 g/mol. The standard InChI is InChI=1S/C16H23F3N2O/c1-11(2)14-5-3-4-13(20-14)10-21-8-6-12(7-9-21)15(22)16(17,18)19/h3-5,11-12,15,22H,6-10H2,1-2H3. The molecule has 0 amide bonds. The van der Waals surface area contributed by atoms with Gasteiger partial charge in [0.05, 0.1) is 5.69 Å². The SMILES string of the molecule is CC(C)c1cccc(CN2CCC(C(O)C(F)(F)F)CC2)n1. The number of halogens is 3. The van der Waals surface area contributed by atoms with Gasteiger partial charge in [0.25, 0.3) is 0 Å². The summed E-state index contributed by atoms with van der Waals surface area (Å²) in [5.74, 6) is -0.334. The topological polar surface area (TPSA) is 36.4 Å². The summed E-state index contributed by atoms with van der Waals surface area (Å²) < 4.78 is 37.6. The molecular formula is C16H23F3N2O. The molecule has 3 nitrogen and oxygen atoms in total. The van der Waals surface area contributed by atoms with E-state index in [1.165, 1.54) is 0 Å². The number of hydrogen-bond acceptors (Lipinski definition) is 3. The molecule has 2 heterocycles. The zero-order chi connectivity index (χ0) is 16.3. The monoisotopic (exact) mass is 316 g/mol. The predicted molar refractivity (Wildman–Crippen MR) is 78.4 cm³/mol. The fourth-order valence-corrected chi connectivity index (χ4v) is 2.83. The number of aliphatic hydroxyl groups is 1. The molecule has 6 heteroatoms. The summed E-state index contributed by atoms with van der Waals surface area (Å²) in [6.45, 7) is 5.93. The normalized spacial score (nSPS) is 19.6. The van der Waals surface area contributed by atoms with Crippen molar-refractivity contribution in [3.8, 4) is 0 Å². The molecule has 1 aliphatic rings. The number of likely N-dealkylation sites (tertiary alicyclic amines) is 1. The highest BCUT2D eigenvalue weighted by Crippen LogP contribution is 2.31. The average molecular weight is 316 g/mol. The van der Waals surface area contributed by atoms with Gasteiger partial charge in [-0.25, -0.2) is 0 Å². The van der Waals surface area contributed by atoms with Gasteiger partial charge in [-0.15, -0.1) is 0 Å². The summed E-state index contributed by atoms with van der Waals surface area (Å²) in [5, 5.41) is 9.33. The fraction of sp³-hybridized carbons (Fsp3) is 0.688. The highest BCUT2D eigenvalue weighted by Gasteiger charge is 2.44. The van der Waals surface area contributed by atoms with E-state index in [-0.39, 0.29) is 0 Å². The van der Waals surface area contributed by atoms with Gasteiger partial charge in [0.15, 0.2) is 6.10 Å². The summed E-state index contributed by atoms with van der Waals surface area (Å²) in [6.07, 6.45) is -5.98. The number of hydrogen-bond donors (Lipinski definition) is 1. The van der Waals surface area contributed by atoms with Crippen molar-refractivity contribution in [2.75, 3.05) is 13.1 Å². The molecule has 2 rings (SSSR count). The van der Waals surface area contributed by atoms with E-state index in [0.717, 1.165) is 11.4 Å². The molecule has 1 fully saturated rings. The van der Waals surface area contributed by atoms with Crippen molar-refractivity contribution < 1.29 is 18.3 Å². The number of nitrogens with zero attached hydrogens (tertiary/aromatic N) is 2. The Labute approximate surface area is 129 Å². The zero-order valence-corrected chi connectivity index (χ0v) is 13.0. The summed E-state index contributed by atoms with van der Waals surface area (Å²) in [5.41, 5.74) is 1.97. The Morgan fingerprint density at radius 1 is 1.27 bits per heavy atom. The van der Waals surface area contributed by atoms with E-state index >= 15 is 0 Å². The molecule has 1 saturated heterocycles. The first-order valence-electron chi connectivity index (χ1n) is 7.70. The van der Waals surface area contributed by atoms with Crippen LogP contribution in [0.25, 0.3) is 0 Å². The molecule has 0 aromatic carbocycles. The third kappa shape index (κ3) is 4.43. The molecule has 0 radical (unpaired) electrons. The van der Waals surface area contributed by atoms with E-state index in [4.69, 9.17) is 0 Å². The van der Waals surface area contributed by atoms with Gasteiger partial charge in [-0.3, -0.25) is 9.88 Å². The van der Waals surface area contributed by atoms with E-state index in [1.807, 2.05) is 18.2 Å². The molecule has 1 N–H and O–H groups in total. The molecule has 0 spiro atoms. The molecule has 22 heavy (non-hydrogen) atoms. The Bertz CT molecular complexity index is 483. The molecule has 124 valence electrons. The number of aliphatic hydroxyl groups excluding tert-OH is 1. The number of rotatable bonds is 4. The van der Waals surface area contributed by atoms with Gasteiger partial charge in [0.1, 0.15) is 0 Å². The minimum atomic E-state index is -4.51. The van der Waals surface area contributed by atoms with Crippen molar-refractivity contribution in [2.45, 2.75) is 51.4 Å². The van der Waals surface area contributed by atoms with Gasteiger partial charge in [0, 0.05) is 12.2 Å². The molecule has 1 unspecified atom stereocenters. The van der Waals surface area contributed by atoms with Crippen LogP contribution in [0, 0.1) is 5.92 Å². The molecule has 1 atom stereocenters. The first-order valence-corrected chi connectivity index (χ1v) is 7.70. The van der Waals surface area contributed by atoms with Crippen molar-refractivity contribution >= 4 is 0 Å². The van der Waals surface area contributed by atoms with Gasteiger partial charge in [-0.2, -0.15) is 13.2 Å². The lowest BCUT2D eigenvalue weighted by Gasteiger charge is -2.34. The van der Waals surface area contributed by atoms with Crippen molar-refractivity contribution in [1.82, 2.24) is 9.88 Å². The predicted octanol–water partition coefficient (Wildman–Crippen LogP) is 3.34. The van der Waals surface area contributed by atoms with Crippen LogP contribution in [-0.2, 0) is 6.54 Å². The Morgan fingerprint density at radius 3 is 2.45 bits per heavy atom. The Hall–Kier alpha value is -1.14. The van der Waals surface area contributed by atoms with Crippen molar-refractivity contribution in [3.63, 3.8) is 0 Å². The molecule has 0 bridgehead atoms. The van der Waals surface area contributed by atoms with E-state index in [9.17, 15) is 18.3 Å². The second-order valence-corrected chi connectivity index (χ2v) is 6.31. The second-order valence-electron chi connectivity index (χ2n) is 6.31. The number of aromatic nitrogens is 1. The van der Waals surface area contributed by atoms with Crippen LogP contribution in [0.3, 0.4) is 0 Å². The smallest absolute Gasteiger partial charge is 0.383 e. The third-order valence-corrected chi connectivity index (χ3v) is 4.22. The summed E-state index contributed by atoms with van der Waals surface area (Å²) in [6, 6.07) is 5.90. The molecule has 1 aromatic rings. The largest absolute Gasteiger partial charge is 0.414 e. The summed E-state index contributed by atoms with van der Waals surface area (Å²) in [4.78, 5) is 6.69. The van der Waals surface area contributed by atoms with E-state index < -0.39 is 18.2 Å². The molecule has 1 aromatic heterocycles.